The number of amides is 1. The van der Waals surface area contributed by atoms with Gasteiger partial charge in [0, 0.05) is 12.6 Å². The minimum atomic E-state index is 0.0217. The molecule has 1 heterocycles. The predicted octanol–water partition coefficient (Wildman–Crippen LogP) is 1.52. The smallest absolute Gasteiger partial charge is 0.241 e. The van der Waals surface area contributed by atoms with Crippen LogP contribution >= 0.6 is 0 Å². The summed E-state index contributed by atoms with van der Waals surface area (Å²) in [5.74, 6) is 0.755. The first kappa shape index (κ1) is 15.4. The minimum Gasteiger partial charge on any atom is -0.322 e. The molecule has 3 unspecified atom stereocenters. The SMILES string of the molecule is CCCC1NC(C)N(C(CN(C)C)C(C)C)C1=O. The van der Waals surface area contributed by atoms with Gasteiger partial charge in [0.1, 0.15) is 0 Å². The number of nitrogens with one attached hydrogen (secondary N) is 1. The molecule has 4 nitrogen and oxygen atoms in total. The summed E-state index contributed by atoms with van der Waals surface area (Å²) in [4.78, 5) is 16.7. The molecule has 0 spiro atoms. The molecular weight excluding hydrogens is 226 g/mol. The van der Waals surface area contributed by atoms with Gasteiger partial charge in [-0.15, -0.1) is 0 Å². The van der Waals surface area contributed by atoms with E-state index in [2.05, 4.69) is 56.9 Å². The van der Waals surface area contributed by atoms with Crippen LogP contribution in [0.5, 0.6) is 0 Å². The van der Waals surface area contributed by atoms with Crippen LogP contribution in [0.25, 0.3) is 0 Å². The third-order valence-electron chi connectivity index (χ3n) is 3.67. The average Bonchev–Trinajstić information content (AvgIpc) is 2.52. The third-order valence-corrected chi connectivity index (χ3v) is 3.67. The summed E-state index contributed by atoms with van der Waals surface area (Å²) in [5.41, 5.74) is 0. The second-order valence-electron chi connectivity index (χ2n) is 6.00. The lowest BCUT2D eigenvalue weighted by Crippen LogP contribution is -2.50. The number of likely N-dealkylation sites (N-methyl/N-ethyl adjacent to an activating group) is 1. The number of carbonyl (C=O) groups is 1. The van der Waals surface area contributed by atoms with E-state index in [0.29, 0.717) is 5.92 Å². The first-order valence-corrected chi connectivity index (χ1v) is 7.11. The van der Waals surface area contributed by atoms with Crippen molar-refractivity contribution in [3.8, 4) is 0 Å². The fraction of sp³-hybridized carbons (Fsp3) is 0.929. The monoisotopic (exact) mass is 255 g/mol. The van der Waals surface area contributed by atoms with Crippen LogP contribution in [-0.4, -0.2) is 54.6 Å². The summed E-state index contributed by atoms with van der Waals surface area (Å²) in [5, 5.41) is 3.42. The van der Waals surface area contributed by atoms with Crippen LogP contribution in [0.3, 0.4) is 0 Å². The van der Waals surface area contributed by atoms with E-state index in [9.17, 15) is 4.79 Å². The number of nitrogens with zero attached hydrogens (tertiary/aromatic N) is 2. The van der Waals surface area contributed by atoms with Crippen molar-refractivity contribution in [3.63, 3.8) is 0 Å². The molecule has 3 atom stereocenters. The van der Waals surface area contributed by atoms with Crippen molar-refractivity contribution in [1.82, 2.24) is 15.1 Å². The Morgan fingerprint density at radius 1 is 1.39 bits per heavy atom. The van der Waals surface area contributed by atoms with Gasteiger partial charge in [0.05, 0.1) is 12.2 Å². The molecule has 0 aliphatic carbocycles. The van der Waals surface area contributed by atoms with Gasteiger partial charge in [-0.2, -0.15) is 0 Å². The van der Waals surface area contributed by atoms with Gasteiger partial charge in [0.25, 0.3) is 0 Å². The van der Waals surface area contributed by atoms with Gasteiger partial charge in [-0.25, -0.2) is 0 Å². The van der Waals surface area contributed by atoms with Gasteiger partial charge >= 0.3 is 0 Å². The molecule has 106 valence electrons. The Kier molecular flexibility index (Phi) is 5.60. The van der Waals surface area contributed by atoms with Crippen molar-refractivity contribution in [2.45, 2.75) is 58.8 Å². The Bertz CT molecular complexity index is 278. The molecule has 1 fully saturated rings. The van der Waals surface area contributed by atoms with Crippen LogP contribution in [0.1, 0.15) is 40.5 Å². The van der Waals surface area contributed by atoms with Gasteiger partial charge < -0.3 is 9.80 Å². The quantitative estimate of drug-likeness (QED) is 0.781. The second kappa shape index (κ2) is 6.53. The van der Waals surface area contributed by atoms with Crippen molar-refractivity contribution in [2.24, 2.45) is 5.92 Å². The molecule has 1 aliphatic rings. The summed E-state index contributed by atoms with van der Waals surface area (Å²) < 4.78 is 0. The van der Waals surface area contributed by atoms with E-state index in [4.69, 9.17) is 0 Å². The van der Waals surface area contributed by atoms with Crippen molar-refractivity contribution in [1.29, 1.82) is 0 Å². The first-order valence-electron chi connectivity index (χ1n) is 7.11. The Hall–Kier alpha value is -0.610. The largest absolute Gasteiger partial charge is 0.322 e. The maximum absolute atomic E-state index is 12.5. The Balaban J connectivity index is 2.81. The van der Waals surface area contributed by atoms with Gasteiger partial charge in [-0.1, -0.05) is 27.2 Å². The maximum Gasteiger partial charge on any atom is 0.241 e. The number of rotatable bonds is 6. The highest BCUT2D eigenvalue weighted by atomic mass is 16.2. The predicted molar refractivity (Wildman–Crippen MR) is 75.3 cm³/mol. The average molecular weight is 255 g/mol. The molecule has 18 heavy (non-hydrogen) atoms. The van der Waals surface area contributed by atoms with Gasteiger partial charge in [0.2, 0.25) is 5.91 Å². The lowest BCUT2D eigenvalue weighted by atomic mass is 10.0. The topological polar surface area (TPSA) is 35.6 Å². The fourth-order valence-electron chi connectivity index (χ4n) is 2.75. The molecule has 0 aromatic rings. The van der Waals surface area contributed by atoms with E-state index in [0.717, 1.165) is 19.4 Å². The Morgan fingerprint density at radius 2 is 2.00 bits per heavy atom. The molecule has 1 N–H and O–H groups in total. The molecule has 0 aromatic heterocycles. The normalized spacial score (nSPS) is 26.4. The molecule has 1 rings (SSSR count). The van der Waals surface area contributed by atoms with Crippen LogP contribution in [0.4, 0.5) is 0 Å². The standard InChI is InChI=1S/C14H29N3O/c1-7-8-12-14(18)17(11(4)15-12)13(10(2)3)9-16(5)6/h10-13,15H,7-9H2,1-6H3. The van der Waals surface area contributed by atoms with E-state index in [1.54, 1.807) is 0 Å². The third kappa shape index (κ3) is 3.45. The van der Waals surface area contributed by atoms with Crippen LogP contribution in [0, 0.1) is 5.92 Å². The summed E-state index contributed by atoms with van der Waals surface area (Å²) in [6.07, 6.45) is 2.14. The Morgan fingerprint density at radius 3 is 2.44 bits per heavy atom. The van der Waals surface area contributed by atoms with Crippen molar-refractivity contribution < 1.29 is 4.79 Å². The highest BCUT2D eigenvalue weighted by molar-refractivity contribution is 5.84. The summed E-state index contributed by atoms with van der Waals surface area (Å²) in [7, 11) is 4.13. The summed E-state index contributed by atoms with van der Waals surface area (Å²) in [6, 6.07) is 0.310. The first-order chi connectivity index (χ1) is 8.38. The second-order valence-corrected chi connectivity index (χ2v) is 6.00. The van der Waals surface area contributed by atoms with Crippen LogP contribution < -0.4 is 5.32 Å². The number of hydrogen-bond acceptors (Lipinski definition) is 3. The van der Waals surface area contributed by atoms with Gasteiger partial charge in [-0.3, -0.25) is 10.1 Å². The lowest BCUT2D eigenvalue weighted by Gasteiger charge is -2.35. The number of carbonyl (C=O) groups excluding carboxylic acids is 1. The zero-order chi connectivity index (χ0) is 13.9. The van der Waals surface area contributed by atoms with Crippen molar-refractivity contribution in [2.75, 3.05) is 20.6 Å². The lowest BCUT2D eigenvalue weighted by molar-refractivity contribution is -0.133. The van der Waals surface area contributed by atoms with E-state index in [1.807, 2.05) is 0 Å². The molecule has 0 aromatic carbocycles. The molecule has 0 radical (unpaired) electrons. The maximum atomic E-state index is 12.5. The van der Waals surface area contributed by atoms with Crippen LogP contribution in [0.2, 0.25) is 0 Å². The van der Waals surface area contributed by atoms with E-state index in [1.165, 1.54) is 0 Å². The molecule has 0 bridgehead atoms. The van der Waals surface area contributed by atoms with Crippen molar-refractivity contribution in [3.05, 3.63) is 0 Å². The number of hydrogen-bond donors (Lipinski definition) is 1. The van der Waals surface area contributed by atoms with Crippen LogP contribution in [-0.2, 0) is 4.79 Å². The van der Waals surface area contributed by atoms with Gasteiger partial charge in [0.15, 0.2) is 0 Å². The summed E-state index contributed by atoms with van der Waals surface area (Å²) >= 11 is 0. The molecule has 1 saturated heterocycles. The molecular formula is C14H29N3O. The van der Waals surface area contributed by atoms with E-state index < -0.39 is 0 Å². The molecule has 1 aliphatic heterocycles. The zero-order valence-corrected chi connectivity index (χ0v) is 12.7. The Labute approximate surface area is 112 Å². The highest BCUT2D eigenvalue weighted by Crippen LogP contribution is 2.22. The molecule has 4 heteroatoms. The van der Waals surface area contributed by atoms with Crippen LogP contribution in [0.15, 0.2) is 0 Å². The van der Waals surface area contributed by atoms with E-state index in [-0.39, 0.29) is 24.2 Å². The summed E-state index contributed by atoms with van der Waals surface area (Å²) in [6.45, 7) is 9.54. The zero-order valence-electron chi connectivity index (χ0n) is 12.7. The van der Waals surface area contributed by atoms with Gasteiger partial charge in [-0.05, 0) is 33.4 Å². The van der Waals surface area contributed by atoms with E-state index >= 15 is 0 Å². The minimum absolute atomic E-state index is 0.0217. The van der Waals surface area contributed by atoms with Crippen molar-refractivity contribution >= 4 is 5.91 Å². The fourth-order valence-corrected chi connectivity index (χ4v) is 2.75. The molecule has 1 amide bonds. The molecule has 0 saturated carbocycles. The highest BCUT2D eigenvalue weighted by Gasteiger charge is 2.40.